The van der Waals surface area contributed by atoms with Gasteiger partial charge < -0.3 is 24.1 Å². The second kappa shape index (κ2) is 9.01. The summed E-state index contributed by atoms with van der Waals surface area (Å²) in [6.45, 7) is 2.67. The van der Waals surface area contributed by atoms with E-state index in [-0.39, 0.29) is 24.0 Å². The van der Waals surface area contributed by atoms with E-state index in [0.717, 1.165) is 11.8 Å². The van der Waals surface area contributed by atoms with Gasteiger partial charge in [0.1, 0.15) is 25.6 Å². The molecule has 0 bridgehead atoms. The zero-order chi connectivity index (χ0) is 19.2. The molecule has 2 heterocycles. The van der Waals surface area contributed by atoms with E-state index in [1.165, 1.54) is 0 Å². The average molecular weight is 413 g/mol. The highest BCUT2D eigenvalue weighted by Crippen LogP contribution is 2.38. The lowest BCUT2D eigenvalue weighted by atomic mass is 10.2. The highest BCUT2D eigenvalue weighted by atomic mass is 35.5. The number of thioether (sulfide) groups is 1. The molecule has 1 aliphatic heterocycles. The van der Waals surface area contributed by atoms with Crippen molar-refractivity contribution in [2.75, 3.05) is 30.0 Å². The number of carbonyl (C=O) groups excluding carboxylic acids is 2. The Hall–Kier alpha value is -2.39. The molecular formula is C17H17ClN2O6S. The lowest BCUT2D eigenvalue weighted by Gasteiger charge is -2.20. The molecule has 0 fully saturated rings. The number of benzene rings is 1. The summed E-state index contributed by atoms with van der Waals surface area (Å²) in [7, 11) is 0. The lowest BCUT2D eigenvalue weighted by molar-refractivity contribution is -0.141. The Bertz CT molecular complexity index is 841. The molecule has 0 radical (unpaired) electrons. The van der Waals surface area contributed by atoms with Crippen molar-refractivity contribution in [2.24, 2.45) is 0 Å². The van der Waals surface area contributed by atoms with E-state index in [1.54, 1.807) is 25.1 Å². The van der Waals surface area contributed by atoms with Gasteiger partial charge in [0.15, 0.2) is 17.3 Å². The third kappa shape index (κ3) is 5.54. The number of aryl methyl sites for hydroxylation is 1. The van der Waals surface area contributed by atoms with Crippen LogP contribution >= 0.6 is 23.4 Å². The molecule has 1 N–H and O–H groups in total. The summed E-state index contributed by atoms with van der Waals surface area (Å²) in [5, 5.41) is 6.64. The number of nitrogens with one attached hydrogen (secondary N) is 1. The molecule has 1 amide bonds. The smallest absolute Gasteiger partial charge is 0.316 e. The number of aromatic nitrogens is 1. The van der Waals surface area contributed by atoms with Crippen molar-refractivity contribution in [1.29, 1.82) is 0 Å². The van der Waals surface area contributed by atoms with Gasteiger partial charge in [-0.15, -0.1) is 11.8 Å². The molecule has 0 atom stereocenters. The standard InChI is InChI=1S/C17H17ClN2O6S/c1-10-4-14(20-26-10)19-15(21)8-27-9-16(22)25-7-11-5-12(18)17-13(6-11)23-2-3-24-17/h4-6H,2-3,7-9H2,1H3,(H,19,20,21). The second-order valence-corrected chi connectivity index (χ2v) is 7.02. The fourth-order valence-corrected chi connectivity index (χ4v) is 3.18. The molecule has 8 nitrogen and oxygen atoms in total. The van der Waals surface area contributed by atoms with E-state index in [0.29, 0.717) is 46.9 Å². The summed E-state index contributed by atoms with van der Waals surface area (Å²) in [6.07, 6.45) is 0. The van der Waals surface area contributed by atoms with Gasteiger partial charge >= 0.3 is 5.97 Å². The van der Waals surface area contributed by atoms with Crippen molar-refractivity contribution >= 4 is 41.1 Å². The first-order valence-electron chi connectivity index (χ1n) is 8.06. The number of amides is 1. The van der Waals surface area contributed by atoms with Gasteiger partial charge in [0.05, 0.1) is 16.5 Å². The molecule has 0 unspecified atom stereocenters. The van der Waals surface area contributed by atoms with E-state index < -0.39 is 5.97 Å². The quantitative estimate of drug-likeness (QED) is 0.693. The van der Waals surface area contributed by atoms with Gasteiger partial charge in [0.2, 0.25) is 5.91 Å². The van der Waals surface area contributed by atoms with Crippen LogP contribution in [0.4, 0.5) is 5.82 Å². The molecule has 0 saturated heterocycles. The van der Waals surface area contributed by atoms with Gasteiger partial charge in [0.25, 0.3) is 0 Å². The van der Waals surface area contributed by atoms with Crippen molar-refractivity contribution in [1.82, 2.24) is 5.16 Å². The number of hydrogen-bond donors (Lipinski definition) is 1. The van der Waals surface area contributed by atoms with Crippen LogP contribution in [-0.2, 0) is 20.9 Å². The highest BCUT2D eigenvalue weighted by Gasteiger charge is 2.17. The van der Waals surface area contributed by atoms with Crippen LogP contribution in [0.1, 0.15) is 11.3 Å². The van der Waals surface area contributed by atoms with Crippen LogP contribution in [0.3, 0.4) is 0 Å². The summed E-state index contributed by atoms with van der Waals surface area (Å²) >= 11 is 7.28. The number of esters is 1. The van der Waals surface area contributed by atoms with Crippen LogP contribution in [0.2, 0.25) is 5.02 Å². The second-order valence-electron chi connectivity index (χ2n) is 5.63. The van der Waals surface area contributed by atoms with Crippen LogP contribution in [0, 0.1) is 6.92 Å². The third-order valence-corrected chi connectivity index (χ3v) is 4.59. The van der Waals surface area contributed by atoms with E-state index in [2.05, 4.69) is 10.5 Å². The first-order valence-corrected chi connectivity index (χ1v) is 9.59. The van der Waals surface area contributed by atoms with Crippen LogP contribution in [0.15, 0.2) is 22.7 Å². The molecule has 10 heteroatoms. The number of carbonyl (C=O) groups is 2. The summed E-state index contributed by atoms with van der Waals surface area (Å²) < 4.78 is 21.0. The number of ether oxygens (including phenoxy) is 3. The monoisotopic (exact) mass is 412 g/mol. The maximum Gasteiger partial charge on any atom is 0.316 e. The predicted octanol–water partition coefficient (Wildman–Crippen LogP) is 2.82. The number of rotatable bonds is 7. The van der Waals surface area contributed by atoms with Crippen LogP contribution < -0.4 is 14.8 Å². The number of hydrogen-bond acceptors (Lipinski definition) is 8. The first-order chi connectivity index (χ1) is 13.0. The molecule has 0 aliphatic carbocycles. The van der Waals surface area contributed by atoms with Crippen LogP contribution in [0.25, 0.3) is 0 Å². The molecule has 144 valence electrons. The summed E-state index contributed by atoms with van der Waals surface area (Å²) in [5.41, 5.74) is 0.696. The fourth-order valence-electron chi connectivity index (χ4n) is 2.28. The van der Waals surface area contributed by atoms with Crippen molar-refractivity contribution in [3.8, 4) is 11.5 Å². The average Bonchev–Trinajstić information content (AvgIpc) is 3.04. The lowest BCUT2D eigenvalue weighted by Crippen LogP contribution is -2.17. The first kappa shape index (κ1) is 19.4. The molecule has 1 aromatic carbocycles. The maximum absolute atomic E-state index is 11.8. The Morgan fingerprint density at radius 3 is 2.85 bits per heavy atom. The molecule has 2 aromatic rings. The van der Waals surface area contributed by atoms with Gasteiger partial charge in [-0.2, -0.15) is 0 Å². The minimum atomic E-state index is -0.434. The third-order valence-electron chi connectivity index (χ3n) is 3.40. The van der Waals surface area contributed by atoms with Gasteiger partial charge in [-0.3, -0.25) is 9.59 Å². The number of nitrogens with zero attached hydrogens (tertiary/aromatic N) is 1. The van der Waals surface area contributed by atoms with Gasteiger partial charge in [-0.05, 0) is 24.6 Å². The topological polar surface area (TPSA) is 99.9 Å². The van der Waals surface area contributed by atoms with Gasteiger partial charge in [-0.1, -0.05) is 16.8 Å². The van der Waals surface area contributed by atoms with Crippen molar-refractivity contribution in [3.63, 3.8) is 0 Å². The molecule has 0 saturated carbocycles. The van der Waals surface area contributed by atoms with Crippen molar-refractivity contribution < 1.29 is 28.3 Å². The molecule has 1 aromatic heterocycles. The largest absolute Gasteiger partial charge is 0.486 e. The molecule has 1 aliphatic rings. The molecule has 27 heavy (non-hydrogen) atoms. The van der Waals surface area contributed by atoms with Crippen molar-refractivity contribution in [2.45, 2.75) is 13.5 Å². The Morgan fingerprint density at radius 2 is 2.07 bits per heavy atom. The zero-order valence-electron chi connectivity index (χ0n) is 14.5. The van der Waals surface area contributed by atoms with E-state index in [9.17, 15) is 9.59 Å². The number of fused-ring (bicyclic) bond motifs is 1. The van der Waals surface area contributed by atoms with Gasteiger partial charge in [0, 0.05) is 6.07 Å². The summed E-state index contributed by atoms with van der Waals surface area (Å²) in [5.74, 6) is 1.41. The van der Waals surface area contributed by atoms with Crippen LogP contribution in [-0.4, -0.2) is 41.8 Å². The predicted molar refractivity (Wildman–Crippen MR) is 99.4 cm³/mol. The molecule has 3 rings (SSSR count). The Labute approximate surface area is 164 Å². The minimum Gasteiger partial charge on any atom is -0.486 e. The molecule has 0 spiro atoms. The normalized spacial score (nSPS) is 12.5. The van der Waals surface area contributed by atoms with E-state index in [4.69, 9.17) is 30.3 Å². The summed E-state index contributed by atoms with van der Waals surface area (Å²) in [6, 6.07) is 5.01. The Morgan fingerprint density at radius 1 is 1.26 bits per heavy atom. The number of anilines is 1. The van der Waals surface area contributed by atoms with E-state index >= 15 is 0 Å². The van der Waals surface area contributed by atoms with E-state index in [1.807, 2.05) is 0 Å². The maximum atomic E-state index is 11.8. The minimum absolute atomic E-state index is 0.0452. The zero-order valence-corrected chi connectivity index (χ0v) is 16.0. The fraction of sp³-hybridized carbons (Fsp3) is 0.353. The highest BCUT2D eigenvalue weighted by molar-refractivity contribution is 8.00. The molecular weight excluding hydrogens is 396 g/mol. The Kier molecular flexibility index (Phi) is 6.46. The van der Waals surface area contributed by atoms with Gasteiger partial charge in [-0.25, -0.2) is 0 Å². The Balaban J connectivity index is 1.39. The van der Waals surface area contributed by atoms with Crippen molar-refractivity contribution in [3.05, 3.63) is 34.5 Å². The van der Waals surface area contributed by atoms with Crippen LogP contribution in [0.5, 0.6) is 11.5 Å². The SMILES string of the molecule is Cc1cc(NC(=O)CSCC(=O)OCc2cc(Cl)c3c(c2)OCCO3)no1. The summed E-state index contributed by atoms with van der Waals surface area (Å²) in [4.78, 5) is 23.6. The number of halogens is 1.